The first kappa shape index (κ1) is 22.8. The van der Waals surface area contributed by atoms with E-state index >= 15 is 0 Å². The summed E-state index contributed by atoms with van der Waals surface area (Å²) in [6.45, 7) is 1.41. The van der Waals surface area contributed by atoms with Crippen molar-refractivity contribution in [3.63, 3.8) is 0 Å². The van der Waals surface area contributed by atoms with Crippen LogP contribution in [0.15, 0.2) is 58.3 Å². The molecule has 0 saturated carbocycles. The van der Waals surface area contributed by atoms with Crippen LogP contribution in [0, 0.1) is 0 Å². The summed E-state index contributed by atoms with van der Waals surface area (Å²) in [6, 6.07) is 14.1. The second-order valence-electron chi connectivity index (χ2n) is 7.45. The number of rotatable bonds is 6. The van der Waals surface area contributed by atoms with E-state index < -0.39 is 10.0 Å². The molecule has 3 aromatic rings. The lowest BCUT2D eigenvalue weighted by Crippen LogP contribution is -2.32. The molecule has 7 nitrogen and oxygen atoms in total. The second kappa shape index (κ2) is 10.0. The number of aromatic nitrogens is 2. The van der Waals surface area contributed by atoms with E-state index in [0.717, 1.165) is 47.5 Å². The number of anilines is 1. The van der Waals surface area contributed by atoms with E-state index in [0.29, 0.717) is 23.7 Å². The van der Waals surface area contributed by atoms with Gasteiger partial charge >= 0.3 is 0 Å². The lowest BCUT2D eigenvalue weighted by Gasteiger charge is -2.22. The Labute approximate surface area is 196 Å². The SMILES string of the molecule is CSc1ccc(S(=O)(=O)Nc2nnc(-c3ccccc3)s2)cc1C(=O)N1CCCCCC1. The molecule has 1 amide bonds. The third-order valence-electron chi connectivity index (χ3n) is 5.27. The molecule has 0 aliphatic carbocycles. The van der Waals surface area contributed by atoms with Crippen LogP contribution in [0.1, 0.15) is 36.0 Å². The van der Waals surface area contributed by atoms with Gasteiger partial charge in [0.1, 0.15) is 5.01 Å². The van der Waals surface area contributed by atoms with Gasteiger partial charge in [0.15, 0.2) is 0 Å². The van der Waals surface area contributed by atoms with Crippen molar-refractivity contribution >= 4 is 44.2 Å². The fourth-order valence-corrected chi connectivity index (χ4v) is 6.18. The highest BCUT2D eigenvalue weighted by molar-refractivity contribution is 7.98. The molecule has 4 rings (SSSR count). The fourth-order valence-electron chi connectivity index (χ4n) is 3.60. The Morgan fingerprint density at radius 1 is 1.03 bits per heavy atom. The molecule has 1 aliphatic heterocycles. The highest BCUT2D eigenvalue weighted by Gasteiger charge is 2.24. The topological polar surface area (TPSA) is 92.3 Å². The van der Waals surface area contributed by atoms with Crippen LogP contribution in [-0.2, 0) is 10.0 Å². The maximum absolute atomic E-state index is 13.2. The summed E-state index contributed by atoms with van der Waals surface area (Å²) in [5.74, 6) is -0.115. The number of hydrogen-bond acceptors (Lipinski definition) is 7. The number of hydrogen-bond donors (Lipinski definition) is 1. The minimum absolute atomic E-state index is 0.0323. The minimum atomic E-state index is -3.92. The Bertz CT molecular complexity index is 1190. The number of carbonyl (C=O) groups excluding carboxylic acids is 1. The standard InChI is InChI=1S/C22H24N4O3S3/c1-30-19-12-11-17(15-18(19)21(27)26-13-7-2-3-8-14-26)32(28,29)25-22-24-23-20(31-22)16-9-5-4-6-10-16/h4-6,9-12,15H,2-3,7-8,13-14H2,1H3,(H,24,25). The zero-order valence-electron chi connectivity index (χ0n) is 17.7. The lowest BCUT2D eigenvalue weighted by atomic mass is 10.2. The van der Waals surface area contributed by atoms with E-state index in [1.54, 1.807) is 6.07 Å². The lowest BCUT2D eigenvalue weighted by molar-refractivity contribution is 0.0758. The molecule has 10 heteroatoms. The van der Waals surface area contributed by atoms with Crippen molar-refractivity contribution in [3.8, 4) is 10.6 Å². The Kier molecular flexibility index (Phi) is 7.12. The van der Waals surface area contributed by atoms with E-state index in [-0.39, 0.29) is 15.9 Å². The molecule has 1 saturated heterocycles. The van der Waals surface area contributed by atoms with E-state index in [1.165, 1.54) is 23.9 Å². The normalized spacial score (nSPS) is 14.7. The fraction of sp³-hybridized carbons (Fsp3) is 0.318. The van der Waals surface area contributed by atoms with Crippen LogP contribution in [0.3, 0.4) is 0 Å². The van der Waals surface area contributed by atoms with Crippen LogP contribution in [0.25, 0.3) is 10.6 Å². The summed E-state index contributed by atoms with van der Waals surface area (Å²) >= 11 is 2.59. The Morgan fingerprint density at radius 2 is 1.75 bits per heavy atom. The van der Waals surface area contributed by atoms with Crippen molar-refractivity contribution in [2.75, 3.05) is 24.1 Å². The molecule has 2 aromatic carbocycles. The predicted octanol–water partition coefficient (Wildman–Crippen LogP) is 4.74. The zero-order valence-corrected chi connectivity index (χ0v) is 20.1. The third-order valence-corrected chi connectivity index (χ3v) is 8.42. The van der Waals surface area contributed by atoms with Crippen molar-refractivity contribution < 1.29 is 13.2 Å². The van der Waals surface area contributed by atoms with E-state index in [2.05, 4.69) is 14.9 Å². The van der Waals surface area contributed by atoms with Crippen molar-refractivity contribution in [1.82, 2.24) is 15.1 Å². The maximum Gasteiger partial charge on any atom is 0.263 e. The highest BCUT2D eigenvalue weighted by Crippen LogP contribution is 2.30. The average molecular weight is 489 g/mol. The van der Waals surface area contributed by atoms with Crippen molar-refractivity contribution in [2.45, 2.75) is 35.5 Å². The van der Waals surface area contributed by atoms with Crippen molar-refractivity contribution in [1.29, 1.82) is 0 Å². The number of amides is 1. The van der Waals surface area contributed by atoms with Gasteiger partial charge in [-0.15, -0.1) is 22.0 Å². The van der Waals surface area contributed by atoms with Crippen LogP contribution >= 0.6 is 23.1 Å². The highest BCUT2D eigenvalue weighted by atomic mass is 32.2. The number of carbonyl (C=O) groups is 1. The average Bonchev–Trinajstić information content (AvgIpc) is 3.09. The first-order valence-corrected chi connectivity index (χ1v) is 13.9. The quantitative estimate of drug-likeness (QED) is 0.504. The molecule has 2 heterocycles. The predicted molar refractivity (Wildman–Crippen MR) is 129 cm³/mol. The van der Waals surface area contributed by atoms with Gasteiger partial charge in [0, 0.05) is 23.5 Å². The van der Waals surface area contributed by atoms with Crippen LogP contribution < -0.4 is 4.72 Å². The molecule has 1 fully saturated rings. The Balaban J connectivity index is 1.59. The molecule has 1 N–H and O–H groups in total. The Morgan fingerprint density at radius 3 is 2.44 bits per heavy atom. The molecule has 1 aromatic heterocycles. The Hall–Kier alpha value is -2.43. The summed E-state index contributed by atoms with van der Waals surface area (Å²) in [5.41, 5.74) is 1.29. The summed E-state index contributed by atoms with van der Waals surface area (Å²) in [6.07, 6.45) is 6.06. The molecular formula is C22H24N4O3S3. The summed E-state index contributed by atoms with van der Waals surface area (Å²) in [4.78, 5) is 15.8. The number of sulfonamides is 1. The van der Waals surface area contributed by atoms with Crippen LogP contribution in [0.4, 0.5) is 5.13 Å². The van der Waals surface area contributed by atoms with Crippen LogP contribution in [0.5, 0.6) is 0 Å². The molecule has 168 valence electrons. The van der Waals surface area contributed by atoms with Gasteiger partial charge in [-0.05, 0) is 37.3 Å². The number of likely N-dealkylation sites (tertiary alicyclic amines) is 1. The summed E-state index contributed by atoms with van der Waals surface area (Å²) in [7, 11) is -3.92. The third kappa shape index (κ3) is 5.13. The number of nitrogens with one attached hydrogen (secondary N) is 1. The molecule has 0 bridgehead atoms. The van der Waals surface area contributed by atoms with Gasteiger partial charge in [0.25, 0.3) is 15.9 Å². The van der Waals surface area contributed by atoms with Gasteiger partial charge in [-0.3, -0.25) is 9.52 Å². The van der Waals surface area contributed by atoms with Gasteiger partial charge in [-0.1, -0.05) is 54.5 Å². The second-order valence-corrected chi connectivity index (χ2v) is 11.0. The van der Waals surface area contributed by atoms with Gasteiger partial charge in [-0.2, -0.15) is 0 Å². The first-order valence-electron chi connectivity index (χ1n) is 10.4. The van der Waals surface area contributed by atoms with E-state index in [4.69, 9.17) is 0 Å². The van der Waals surface area contributed by atoms with E-state index in [1.807, 2.05) is 41.5 Å². The summed E-state index contributed by atoms with van der Waals surface area (Å²) in [5, 5.41) is 8.86. The van der Waals surface area contributed by atoms with Gasteiger partial charge in [-0.25, -0.2) is 8.42 Å². The molecule has 0 radical (unpaired) electrons. The number of benzene rings is 2. The van der Waals surface area contributed by atoms with Crippen molar-refractivity contribution in [2.24, 2.45) is 0 Å². The number of thioether (sulfide) groups is 1. The zero-order chi connectivity index (χ0) is 22.6. The van der Waals surface area contributed by atoms with Crippen LogP contribution in [0.2, 0.25) is 0 Å². The molecular weight excluding hydrogens is 464 g/mol. The van der Waals surface area contributed by atoms with Gasteiger partial charge in [0.2, 0.25) is 5.13 Å². The van der Waals surface area contributed by atoms with Gasteiger partial charge in [0.05, 0.1) is 10.5 Å². The monoisotopic (exact) mass is 488 g/mol. The largest absolute Gasteiger partial charge is 0.339 e. The molecule has 0 unspecified atom stereocenters. The maximum atomic E-state index is 13.2. The van der Waals surface area contributed by atoms with E-state index in [9.17, 15) is 13.2 Å². The van der Waals surface area contributed by atoms with Crippen LogP contribution in [-0.4, -0.2) is 48.8 Å². The van der Waals surface area contributed by atoms with Gasteiger partial charge < -0.3 is 4.90 Å². The molecule has 0 spiro atoms. The smallest absolute Gasteiger partial charge is 0.263 e. The molecule has 32 heavy (non-hydrogen) atoms. The molecule has 0 atom stereocenters. The number of nitrogens with zero attached hydrogens (tertiary/aromatic N) is 3. The van der Waals surface area contributed by atoms with Crippen molar-refractivity contribution in [3.05, 3.63) is 54.1 Å². The molecule has 1 aliphatic rings. The first-order chi connectivity index (χ1) is 15.5. The summed E-state index contributed by atoms with van der Waals surface area (Å²) < 4.78 is 28.6. The minimum Gasteiger partial charge on any atom is -0.339 e.